The molecule has 1 amide bonds. The average molecular weight is 393 g/mol. The van der Waals surface area contributed by atoms with Gasteiger partial charge < -0.3 is 9.88 Å². The van der Waals surface area contributed by atoms with Crippen LogP contribution in [0.25, 0.3) is 10.9 Å². The van der Waals surface area contributed by atoms with Gasteiger partial charge in [-0.2, -0.15) is 5.10 Å². The van der Waals surface area contributed by atoms with Gasteiger partial charge in [0.25, 0.3) is 5.56 Å². The number of aryl methyl sites for hydroxylation is 1. The average Bonchev–Trinajstić information content (AvgIpc) is 2.93. The Morgan fingerprint density at radius 3 is 2.83 bits per heavy atom. The Kier molecular flexibility index (Phi) is 5.51. The number of anilines is 1. The molecule has 152 valence electrons. The Morgan fingerprint density at radius 1 is 1.17 bits per heavy atom. The van der Waals surface area contributed by atoms with E-state index in [1.54, 1.807) is 6.20 Å². The topological polar surface area (TPSA) is 68.9 Å². The maximum Gasteiger partial charge on any atom is 0.270 e. The van der Waals surface area contributed by atoms with E-state index >= 15 is 0 Å². The molecule has 1 aliphatic rings. The second kappa shape index (κ2) is 8.23. The summed E-state index contributed by atoms with van der Waals surface area (Å²) < 4.78 is 3.50. The molecule has 0 radical (unpaired) electrons. The first-order valence-electron chi connectivity index (χ1n) is 10.5. The molecule has 1 N–H and O–H groups in total. The van der Waals surface area contributed by atoms with Crippen LogP contribution in [0, 0.1) is 5.92 Å². The Balaban J connectivity index is 1.54. The molecule has 0 atom stereocenters. The van der Waals surface area contributed by atoms with Gasteiger partial charge in [-0.05, 0) is 55.4 Å². The van der Waals surface area contributed by atoms with Gasteiger partial charge in [0.2, 0.25) is 5.91 Å². The normalized spacial score (nSPS) is 14.0. The lowest BCUT2D eigenvalue weighted by atomic mass is 10.1. The van der Waals surface area contributed by atoms with Crippen molar-refractivity contribution in [1.82, 2.24) is 14.3 Å². The van der Waals surface area contributed by atoms with E-state index in [0.29, 0.717) is 5.92 Å². The molecule has 1 aromatic carbocycles. The van der Waals surface area contributed by atoms with Crippen molar-refractivity contribution in [3.8, 4) is 0 Å². The third-order valence-corrected chi connectivity index (χ3v) is 5.55. The molecule has 6 nitrogen and oxygen atoms in total. The maximum atomic E-state index is 12.8. The number of nitrogens with one attached hydrogen (secondary N) is 1. The van der Waals surface area contributed by atoms with Crippen LogP contribution in [0.2, 0.25) is 0 Å². The van der Waals surface area contributed by atoms with Gasteiger partial charge in [0.05, 0.1) is 17.4 Å². The molecule has 29 heavy (non-hydrogen) atoms. The smallest absolute Gasteiger partial charge is 0.270 e. The fourth-order valence-corrected chi connectivity index (χ4v) is 4.16. The largest absolute Gasteiger partial charge is 0.347 e. The van der Waals surface area contributed by atoms with Gasteiger partial charge >= 0.3 is 0 Å². The van der Waals surface area contributed by atoms with Crippen molar-refractivity contribution in [2.45, 2.75) is 59.0 Å². The van der Waals surface area contributed by atoms with Gasteiger partial charge in [-0.3, -0.25) is 9.59 Å². The second-order valence-corrected chi connectivity index (χ2v) is 8.32. The van der Waals surface area contributed by atoms with Crippen molar-refractivity contribution in [2.24, 2.45) is 5.92 Å². The highest BCUT2D eigenvalue weighted by Gasteiger charge is 2.16. The van der Waals surface area contributed by atoms with Crippen LogP contribution in [0.15, 0.2) is 41.5 Å². The second-order valence-electron chi connectivity index (χ2n) is 8.32. The molecule has 2 heterocycles. The van der Waals surface area contributed by atoms with Crippen LogP contribution in [0.5, 0.6) is 0 Å². The van der Waals surface area contributed by atoms with Crippen molar-refractivity contribution in [3.63, 3.8) is 0 Å². The zero-order valence-corrected chi connectivity index (χ0v) is 17.1. The summed E-state index contributed by atoms with van der Waals surface area (Å²) in [6.07, 6.45) is 8.75. The number of nitrogens with zero attached hydrogens (tertiary/aromatic N) is 3. The first-order valence-corrected chi connectivity index (χ1v) is 10.5. The van der Waals surface area contributed by atoms with Crippen LogP contribution in [0.3, 0.4) is 0 Å². The number of carbonyl (C=O) groups is 1. The third kappa shape index (κ3) is 4.11. The molecule has 0 saturated heterocycles. The van der Waals surface area contributed by atoms with Crippen LogP contribution in [-0.4, -0.2) is 20.3 Å². The highest BCUT2D eigenvalue weighted by Crippen LogP contribution is 2.25. The number of carbonyl (C=O) groups excluding carboxylic acids is 1. The van der Waals surface area contributed by atoms with E-state index in [2.05, 4.69) is 41.1 Å². The molecule has 6 heteroatoms. The van der Waals surface area contributed by atoms with Crippen LogP contribution >= 0.6 is 0 Å². The summed E-state index contributed by atoms with van der Waals surface area (Å²) in [7, 11) is 0. The Morgan fingerprint density at radius 2 is 2.00 bits per heavy atom. The lowest BCUT2D eigenvalue weighted by molar-refractivity contribution is -0.117. The fraction of sp³-hybridized carbons (Fsp3) is 0.435. The molecule has 0 unspecified atom stereocenters. The predicted octanol–water partition coefficient (Wildman–Crippen LogP) is 3.76. The minimum absolute atomic E-state index is 0.0742. The van der Waals surface area contributed by atoms with Crippen molar-refractivity contribution < 1.29 is 4.79 Å². The fourth-order valence-electron chi connectivity index (χ4n) is 4.16. The number of hydrogen-bond acceptors (Lipinski definition) is 3. The SMILES string of the molecule is CC(C)Cn1ccc2c(NC(=O)Cn3ncc4c(c3=O)CCCCC4)cccc21. The van der Waals surface area contributed by atoms with Gasteiger partial charge in [0.15, 0.2) is 0 Å². The molecular formula is C23H28N4O2. The van der Waals surface area contributed by atoms with Crippen LogP contribution in [0.1, 0.15) is 44.2 Å². The van der Waals surface area contributed by atoms with E-state index in [9.17, 15) is 9.59 Å². The molecule has 0 saturated carbocycles. The maximum absolute atomic E-state index is 12.8. The molecular weight excluding hydrogens is 364 g/mol. The van der Waals surface area contributed by atoms with E-state index in [4.69, 9.17) is 0 Å². The van der Waals surface area contributed by atoms with Crippen LogP contribution in [-0.2, 0) is 30.7 Å². The molecule has 4 rings (SSSR count). The third-order valence-electron chi connectivity index (χ3n) is 5.55. The number of hydrogen-bond donors (Lipinski definition) is 1. The van der Waals surface area contributed by atoms with Gasteiger partial charge in [-0.1, -0.05) is 26.3 Å². The minimum Gasteiger partial charge on any atom is -0.347 e. The van der Waals surface area contributed by atoms with Crippen LogP contribution < -0.4 is 10.9 Å². The lowest BCUT2D eigenvalue weighted by Gasteiger charge is -2.12. The van der Waals surface area contributed by atoms with Crippen molar-refractivity contribution in [2.75, 3.05) is 5.32 Å². The van der Waals surface area contributed by atoms with E-state index in [1.807, 2.05) is 18.2 Å². The molecule has 1 aliphatic carbocycles. The Hall–Kier alpha value is -2.89. The van der Waals surface area contributed by atoms with Crippen molar-refractivity contribution in [3.05, 3.63) is 58.1 Å². The Labute approximate surface area is 170 Å². The number of rotatable bonds is 5. The van der Waals surface area contributed by atoms with Crippen LogP contribution in [0.4, 0.5) is 5.69 Å². The van der Waals surface area contributed by atoms with Gasteiger partial charge in [-0.25, -0.2) is 4.68 Å². The molecule has 0 fully saturated rings. The number of amides is 1. The summed E-state index contributed by atoms with van der Waals surface area (Å²) in [4.78, 5) is 25.5. The number of benzene rings is 1. The van der Waals surface area contributed by atoms with E-state index in [1.165, 1.54) is 4.68 Å². The standard InChI is InChI=1S/C23H28N4O2/c1-16(2)14-26-12-11-19-20(9-6-10-21(19)26)25-22(28)15-27-23(29)18-8-5-3-4-7-17(18)13-24-27/h6,9-13,16H,3-5,7-8,14-15H2,1-2H3,(H,25,28). The number of aromatic nitrogens is 3. The monoisotopic (exact) mass is 392 g/mol. The first-order chi connectivity index (χ1) is 14.0. The van der Waals surface area contributed by atoms with Gasteiger partial charge in [-0.15, -0.1) is 0 Å². The van der Waals surface area contributed by atoms with Gasteiger partial charge in [0.1, 0.15) is 6.54 Å². The summed E-state index contributed by atoms with van der Waals surface area (Å²) >= 11 is 0. The van der Waals surface area contributed by atoms with E-state index < -0.39 is 0 Å². The quantitative estimate of drug-likeness (QED) is 0.672. The zero-order chi connectivity index (χ0) is 20.4. The van der Waals surface area contributed by atoms with Crippen molar-refractivity contribution in [1.29, 1.82) is 0 Å². The zero-order valence-electron chi connectivity index (χ0n) is 17.1. The van der Waals surface area contributed by atoms with E-state index in [0.717, 1.165) is 66.4 Å². The van der Waals surface area contributed by atoms with Crippen molar-refractivity contribution >= 4 is 22.5 Å². The highest BCUT2D eigenvalue weighted by atomic mass is 16.2. The molecule has 0 spiro atoms. The van der Waals surface area contributed by atoms with E-state index in [-0.39, 0.29) is 18.0 Å². The lowest BCUT2D eigenvalue weighted by Crippen LogP contribution is -2.32. The molecule has 0 bridgehead atoms. The summed E-state index contributed by atoms with van der Waals surface area (Å²) in [5.41, 5.74) is 3.61. The summed E-state index contributed by atoms with van der Waals surface area (Å²) in [6, 6.07) is 7.93. The first kappa shape index (κ1) is 19.4. The summed E-state index contributed by atoms with van der Waals surface area (Å²) in [5, 5.41) is 8.22. The number of fused-ring (bicyclic) bond motifs is 2. The highest BCUT2D eigenvalue weighted by molar-refractivity contribution is 6.01. The summed E-state index contributed by atoms with van der Waals surface area (Å²) in [6.45, 7) is 5.22. The Bertz CT molecular complexity index is 1090. The van der Waals surface area contributed by atoms with Gasteiger partial charge in [0, 0.05) is 23.7 Å². The minimum atomic E-state index is -0.239. The predicted molar refractivity (Wildman–Crippen MR) is 115 cm³/mol. The molecule has 0 aliphatic heterocycles. The molecule has 2 aromatic heterocycles. The summed E-state index contributed by atoms with van der Waals surface area (Å²) in [5.74, 6) is 0.298. The molecule has 3 aromatic rings.